The Kier molecular flexibility index (Phi) is 5.17. The van der Waals surface area contributed by atoms with Crippen molar-refractivity contribution in [2.45, 2.75) is 98.3 Å². The molecule has 0 aromatic rings. The first kappa shape index (κ1) is 19.8. The van der Waals surface area contributed by atoms with Gasteiger partial charge in [-0.3, -0.25) is 4.79 Å². The summed E-state index contributed by atoms with van der Waals surface area (Å²) in [6.07, 6.45) is 14.7. The molecule has 2 N–H and O–H groups in total. The van der Waals surface area contributed by atoms with Gasteiger partial charge in [-0.25, -0.2) is 0 Å². The predicted molar refractivity (Wildman–Crippen MR) is 112 cm³/mol. The van der Waals surface area contributed by atoms with Crippen molar-refractivity contribution in [1.29, 1.82) is 0 Å². The summed E-state index contributed by atoms with van der Waals surface area (Å²) in [7, 11) is 0. The lowest BCUT2D eigenvalue weighted by Crippen LogP contribution is -2.53. The standard InChI is InChI=1S/C25H43NO/c1-16-11-13-24(3)18(15-16)6-7-19-21-9-8-20(17(2)5-10-23(26)27)25(21,4)14-12-22(19)24/h16-22H,5-15H2,1-4H3,(H2,26,27). The van der Waals surface area contributed by atoms with Crippen LogP contribution in [0.1, 0.15) is 98.3 Å². The van der Waals surface area contributed by atoms with Crippen molar-refractivity contribution in [3.63, 3.8) is 0 Å². The molecule has 9 atom stereocenters. The van der Waals surface area contributed by atoms with E-state index in [4.69, 9.17) is 5.73 Å². The minimum atomic E-state index is -0.122. The van der Waals surface area contributed by atoms with Crippen molar-refractivity contribution >= 4 is 5.91 Å². The zero-order valence-electron chi connectivity index (χ0n) is 18.3. The molecule has 2 heteroatoms. The van der Waals surface area contributed by atoms with Crippen molar-refractivity contribution in [3.05, 3.63) is 0 Å². The fourth-order valence-electron chi connectivity index (χ4n) is 9.02. The van der Waals surface area contributed by atoms with Crippen LogP contribution < -0.4 is 5.73 Å². The van der Waals surface area contributed by atoms with Gasteiger partial charge in [-0.2, -0.15) is 0 Å². The zero-order chi connectivity index (χ0) is 19.4. The summed E-state index contributed by atoms with van der Waals surface area (Å²) in [4.78, 5) is 11.3. The Hall–Kier alpha value is -0.530. The fraction of sp³-hybridized carbons (Fsp3) is 0.960. The minimum absolute atomic E-state index is 0.122. The molecule has 0 radical (unpaired) electrons. The second kappa shape index (κ2) is 7.06. The van der Waals surface area contributed by atoms with Gasteiger partial charge in [-0.1, -0.05) is 34.1 Å². The smallest absolute Gasteiger partial charge is 0.217 e. The van der Waals surface area contributed by atoms with Crippen LogP contribution >= 0.6 is 0 Å². The fourth-order valence-corrected chi connectivity index (χ4v) is 9.02. The molecule has 4 aliphatic carbocycles. The molecule has 0 heterocycles. The second-order valence-electron chi connectivity index (χ2n) is 11.7. The van der Waals surface area contributed by atoms with E-state index in [0.717, 1.165) is 41.9 Å². The number of amides is 1. The lowest BCUT2D eigenvalue weighted by Gasteiger charge is -2.61. The molecular weight excluding hydrogens is 330 g/mol. The molecule has 2 nitrogen and oxygen atoms in total. The summed E-state index contributed by atoms with van der Waals surface area (Å²) in [6.45, 7) is 10.2. The van der Waals surface area contributed by atoms with Gasteiger partial charge < -0.3 is 5.73 Å². The van der Waals surface area contributed by atoms with E-state index in [1.807, 2.05) is 0 Å². The maximum atomic E-state index is 11.3. The molecule has 0 aromatic heterocycles. The van der Waals surface area contributed by atoms with E-state index in [9.17, 15) is 4.79 Å². The number of hydrogen-bond acceptors (Lipinski definition) is 1. The summed E-state index contributed by atoms with van der Waals surface area (Å²) in [5.74, 6) is 6.19. The van der Waals surface area contributed by atoms with Gasteiger partial charge in [0.15, 0.2) is 0 Å². The highest BCUT2D eigenvalue weighted by Crippen LogP contribution is 2.68. The Labute approximate surface area is 167 Å². The monoisotopic (exact) mass is 373 g/mol. The van der Waals surface area contributed by atoms with Crippen LogP contribution in [-0.4, -0.2) is 5.91 Å². The minimum Gasteiger partial charge on any atom is -0.370 e. The van der Waals surface area contributed by atoms with Gasteiger partial charge in [0.05, 0.1) is 0 Å². The topological polar surface area (TPSA) is 43.1 Å². The third kappa shape index (κ3) is 3.18. The number of carbonyl (C=O) groups excluding carboxylic acids is 1. The highest BCUT2D eigenvalue weighted by atomic mass is 16.1. The van der Waals surface area contributed by atoms with Gasteiger partial charge in [-0.05, 0) is 110 Å². The third-order valence-electron chi connectivity index (χ3n) is 10.5. The van der Waals surface area contributed by atoms with E-state index in [0.29, 0.717) is 23.2 Å². The second-order valence-corrected chi connectivity index (χ2v) is 11.7. The van der Waals surface area contributed by atoms with Gasteiger partial charge in [0.1, 0.15) is 0 Å². The van der Waals surface area contributed by atoms with Gasteiger partial charge in [0.2, 0.25) is 5.91 Å². The zero-order valence-corrected chi connectivity index (χ0v) is 18.3. The third-order valence-corrected chi connectivity index (χ3v) is 10.5. The number of primary amides is 1. The lowest BCUT2D eigenvalue weighted by atomic mass is 9.44. The summed E-state index contributed by atoms with van der Waals surface area (Å²) in [5.41, 5.74) is 6.59. The van der Waals surface area contributed by atoms with Gasteiger partial charge >= 0.3 is 0 Å². The number of carbonyl (C=O) groups is 1. The maximum Gasteiger partial charge on any atom is 0.217 e. The summed E-state index contributed by atoms with van der Waals surface area (Å²) in [5, 5.41) is 0. The molecule has 4 saturated carbocycles. The number of rotatable bonds is 4. The summed E-state index contributed by atoms with van der Waals surface area (Å²) >= 11 is 0. The molecule has 0 aliphatic heterocycles. The summed E-state index contributed by atoms with van der Waals surface area (Å²) in [6, 6.07) is 0. The Morgan fingerprint density at radius 1 is 1.00 bits per heavy atom. The summed E-state index contributed by atoms with van der Waals surface area (Å²) < 4.78 is 0. The molecule has 4 rings (SSSR count). The van der Waals surface area contributed by atoms with Crippen LogP contribution in [0.3, 0.4) is 0 Å². The number of nitrogens with two attached hydrogens (primary N) is 1. The molecule has 4 fully saturated rings. The van der Waals surface area contributed by atoms with Crippen LogP contribution in [0.2, 0.25) is 0 Å². The molecule has 4 aliphatic rings. The van der Waals surface area contributed by atoms with E-state index >= 15 is 0 Å². The highest BCUT2D eigenvalue weighted by Gasteiger charge is 2.60. The van der Waals surface area contributed by atoms with E-state index in [2.05, 4.69) is 27.7 Å². The van der Waals surface area contributed by atoms with Crippen molar-refractivity contribution in [1.82, 2.24) is 0 Å². The largest absolute Gasteiger partial charge is 0.370 e. The number of fused-ring (bicyclic) bond motifs is 5. The van der Waals surface area contributed by atoms with Crippen LogP contribution in [0, 0.1) is 52.3 Å². The van der Waals surface area contributed by atoms with Crippen LogP contribution in [0.15, 0.2) is 0 Å². The van der Waals surface area contributed by atoms with Crippen LogP contribution in [0.4, 0.5) is 0 Å². The normalized spacial score (nSPS) is 50.4. The van der Waals surface area contributed by atoms with Crippen molar-refractivity contribution in [3.8, 4) is 0 Å². The van der Waals surface area contributed by atoms with E-state index < -0.39 is 0 Å². The molecule has 0 aromatic carbocycles. The van der Waals surface area contributed by atoms with Crippen LogP contribution in [-0.2, 0) is 4.79 Å². The van der Waals surface area contributed by atoms with Gasteiger partial charge in [0, 0.05) is 6.42 Å². The average Bonchev–Trinajstić information content (AvgIpc) is 2.97. The van der Waals surface area contributed by atoms with Crippen molar-refractivity contribution in [2.24, 2.45) is 58.0 Å². The molecule has 0 bridgehead atoms. The Morgan fingerprint density at radius 3 is 2.44 bits per heavy atom. The Bertz CT molecular complexity index is 573. The van der Waals surface area contributed by atoms with E-state index in [1.165, 1.54) is 57.8 Å². The molecule has 0 spiro atoms. The first-order valence-corrected chi connectivity index (χ1v) is 12.0. The quantitative estimate of drug-likeness (QED) is 0.628. The van der Waals surface area contributed by atoms with Gasteiger partial charge in [0.25, 0.3) is 0 Å². The van der Waals surface area contributed by atoms with Crippen molar-refractivity contribution < 1.29 is 4.79 Å². The SMILES string of the molecule is CC1CCC2(C)C(CCC3C2CCC2(C)C(C(C)CCC(N)=O)CCC32)C1. The van der Waals surface area contributed by atoms with Crippen LogP contribution in [0.25, 0.3) is 0 Å². The van der Waals surface area contributed by atoms with E-state index in [1.54, 1.807) is 0 Å². The van der Waals surface area contributed by atoms with E-state index in [-0.39, 0.29) is 5.91 Å². The molecule has 154 valence electrons. The first-order chi connectivity index (χ1) is 12.8. The van der Waals surface area contributed by atoms with Crippen LogP contribution in [0.5, 0.6) is 0 Å². The Morgan fingerprint density at radius 2 is 1.70 bits per heavy atom. The van der Waals surface area contributed by atoms with Crippen molar-refractivity contribution in [2.75, 3.05) is 0 Å². The predicted octanol–water partition coefficient (Wildman–Crippen LogP) is 6.18. The average molecular weight is 374 g/mol. The maximum absolute atomic E-state index is 11.3. The molecule has 9 unspecified atom stereocenters. The molecular formula is C25H43NO. The molecule has 27 heavy (non-hydrogen) atoms. The number of hydrogen-bond donors (Lipinski definition) is 1. The highest BCUT2D eigenvalue weighted by molar-refractivity contribution is 5.73. The Balaban J connectivity index is 1.51. The van der Waals surface area contributed by atoms with Gasteiger partial charge in [-0.15, -0.1) is 0 Å². The lowest BCUT2D eigenvalue weighted by molar-refractivity contribution is -0.122. The first-order valence-electron chi connectivity index (χ1n) is 12.0. The molecule has 1 amide bonds. The molecule has 0 saturated heterocycles.